The van der Waals surface area contributed by atoms with Crippen molar-refractivity contribution >= 4 is 60.6 Å². The molecule has 0 spiro atoms. The molecule has 3 aromatic carbocycles. The maximum Gasteiger partial charge on any atom is 0.262 e. The quantitative estimate of drug-likeness (QED) is 0.418. The van der Waals surface area contributed by atoms with Crippen molar-refractivity contribution in [3.63, 3.8) is 0 Å². The van der Waals surface area contributed by atoms with Crippen LogP contribution in [0.2, 0.25) is 0 Å². The molecule has 0 aliphatic heterocycles. The highest BCUT2D eigenvalue weighted by molar-refractivity contribution is 9.10. The lowest BCUT2D eigenvalue weighted by atomic mass is 10.2. The van der Waals surface area contributed by atoms with Crippen molar-refractivity contribution in [2.75, 3.05) is 17.1 Å². The number of hydrogen-bond donors (Lipinski definition) is 3. The summed E-state index contributed by atoms with van der Waals surface area (Å²) < 4.78 is 33.9. The number of carbonyl (C=O) groups is 1. The standard InChI is InChI=1S/C21H18BrN3O4S2/c1-29-19-12-5-4-11-18(19)25-31(27,28)15-8-6-7-14(13-15)23-21(30)24-20(26)16-9-2-3-10-17(16)22/h2-13,25H,1H3,(H2,23,24,26,30). The molecule has 0 bridgehead atoms. The molecule has 3 aromatic rings. The molecule has 0 aliphatic rings. The summed E-state index contributed by atoms with van der Waals surface area (Å²) in [5.41, 5.74) is 1.14. The molecular weight excluding hydrogens is 502 g/mol. The van der Waals surface area contributed by atoms with Crippen LogP contribution in [0.15, 0.2) is 82.2 Å². The number of carbonyl (C=O) groups excluding carboxylic acids is 1. The van der Waals surface area contributed by atoms with Gasteiger partial charge in [-0.25, -0.2) is 8.42 Å². The van der Waals surface area contributed by atoms with Crippen LogP contribution in [0.4, 0.5) is 11.4 Å². The van der Waals surface area contributed by atoms with E-state index in [1.807, 2.05) is 0 Å². The van der Waals surface area contributed by atoms with Crippen LogP contribution in [0, 0.1) is 0 Å². The third-order valence-corrected chi connectivity index (χ3v) is 6.36. The van der Waals surface area contributed by atoms with Gasteiger partial charge in [0, 0.05) is 10.2 Å². The Bertz CT molecular complexity index is 1230. The Morgan fingerprint density at radius 3 is 2.45 bits per heavy atom. The Hall–Kier alpha value is -2.95. The van der Waals surface area contributed by atoms with E-state index < -0.39 is 15.9 Å². The number of anilines is 2. The van der Waals surface area contributed by atoms with Gasteiger partial charge in [0.25, 0.3) is 15.9 Å². The van der Waals surface area contributed by atoms with E-state index >= 15 is 0 Å². The zero-order chi connectivity index (χ0) is 22.4. The number of rotatable bonds is 6. The predicted octanol–water partition coefficient (Wildman–Crippen LogP) is 4.39. The van der Waals surface area contributed by atoms with Crippen molar-refractivity contribution in [1.29, 1.82) is 0 Å². The summed E-state index contributed by atoms with van der Waals surface area (Å²) in [7, 11) is -2.42. The number of ether oxygens (including phenoxy) is 1. The molecule has 7 nitrogen and oxygen atoms in total. The minimum Gasteiger partial charge on any atom is -0.495 e. The van der Waals surface area contributed by atoms with Gasteiger partial charge in [-0.3, -0.25) is 14.8 Å². The lowest BCUT2D eigenvalue weighted by molar-refractivity contribution is 0.0977. The Morgan fingerprint density at radius 2 is 1.71 bits per heavy atom. The summed E-state index contributed by atoms with van der Waals surface area (Å²) in [6.45, 7) is 0. The lowest BCUT2D eigenvalue weighted by Crippen LogP contribution is -2.34. The minimum atomic E-state index is -3.88. The molecule has 0 saturated heterocycles. The molecule has 0 heterocycles. The van der Waals surface area contributed by atoms with Crippen LogP contribution < -0.4 is 20.1 Å². The lowest BCUT2D eigenvalue weighted by Gasteiger charge is -2.13. The van der Waals surface area contributed by atoms with Crippen molar-refractivity contribution in [3.05, 3.63) is 82.8 Å². The van der Waals surface area contributed by atoms with Crippen molar-refractivity contribution in [1.82, 2.24) is 5.32 Å². The van der Waals surface area contributed by atoms with Crippen LogP contribution in [-0.2, 0) is 10.0 Å². The molecule has 0 fully saturated rings. The van der Waals surface area contributed by atoms with Crippen molar-refractivity contribution in [2.45, 2.75) is 4.90 Å². The number of hydrogen-bond acceptors (Lipinski definition) is 5. The first-order valence-corrected chi connectivity index (χ1v) is 11.6. The molecule has 0 aromatic heterocycles. The van der Waals surface area contributed by atoms with Crippen molar-refractivity contribution < 1.29 is 17.9 Å². The number of para-hydroxylation sites is 2. The predicted molar refractivity (Wildman–Crippen MR) is 128 cm³/mol. The average Bonchev–Trinajstić information content (AvgIpc) is 2.74. The molecule has 0 saturated carbocycles. The van der Waals surface area contributed by atoms with Crippen LogP contribution in [0.25, 0.3) is 0 Å². The van der Waals surface area contributed by atoms with Gasteiger partial charge in [-0.05, 0) is 70.6 Å². The zero-order valence-electron chi connectivity index (χ0n) is 16.3. The molecule has 1 amide bonds. The molecule has 0 unspecified atom stereocenters. The second kappa shape index (κ2) is 9.90. The van der Waals surface area contributed by atoms with Gasteiger partial charge >= 0.3 is 0 Å². The van der Waals surface area contributed by atoms with Crippen LogP contribution >= 0.6 is 28.1 Å². The second-order valence-electron chi connectivity index (χ2n) is 6.22. The molecule has 0 aliphatic carbocycles. The smallest absolute Gasteiger partial charge is 0.262 e. The van der Waals surface area contributed by atoms with Gasteiger partial charge in [-0.1, -0.05) is 30.3 Å². The number of nitrogens with one attached hydrogen (secondary N) is 3. The summed E-state index contributed by atoms with van der Waals surface area (Å²) in [6.07, 6.45) is 0. The molecular formula is C21H18BrN3O4S2. The molecule has 10 heteroatoms. The first-order chi connectivity index (χ1) is 14.8. The summed E-state index contributed by atoms with van der Waals surface area (Å²) in [5, 5.41) is 5.43. The zero-order valence-corrected chi connectivity index (χ0v) is 19.5. The summed E-state index contributed by atoms with van der Waals surface area (Å²) in [4.78, 5) is 12.4. The largest absolute Gasteiger partial charge is 0.495 e. The first kappa shape index (κ1) is 22.7. The van der Waals surface area contributed by atoms with E-state index in [4.69, 9.17) is 17.0 Å². The number of methoxy groups -OCH3 is 1. The summed E-state index contributed by atoms with van der Waals surface area (Å²) in [5.74, 6) is 0.00269. The molecule has 0 radical (unpaired) electrons. The minimum absolute atomic E-state index is 0.0170. The highest BCUT2D eigenvalue weighted by atomic mass is 79.9. The van der Waals surface area contributed by atoms with Crippen LogP contribution in [0.1, 0.15) is 10.4 Å². The van der Waals surface area contributed by atoms with Gasteiger partial charge in [-0.15, -0.1) is 0 Å². The number of thiocarbonyl (C=S) groups is 1. The molecule has 31 heavy (non-hydrogen) atoms. The second-order valence-corrected chi connectivity index (χ2v) is 9.17. The van der Waals surface area contributed by atoms with Gasteiger partial charge in [-0.2, -0.15) is 0 Å². The maximum atomic E-state index is 12.8. The Morgan fingerprint density at radius 1 is 1.00 bits per heavy atom. The molecule has 3 N–H and O–H groups in total. The Kier molecular flexibility index (Phi) is 7.26. The summed E-state index contributed by atoms with van der Waals surface area (Å²) >= 11 is 8.51. The number of benzene rings is 3. The fourth-order valence-corrected chi connectivity index (χ4v) is 4.44. The fourth-order valence-electron chi connectivity index (χ4n) is 2.65. The van der Waals surface area contributed by atoms with E-state index in [0.717, 1.165) is 0 Å². The summed E-state index contributed by atoms with van der Waals surface area (Å²) in [6, 6.07) is 19.7. The van der Waals surface area contributed by atoms with E-state index in [0.29, 0.717) is 27.2 Å². The van der Waals surface area contributed by atoms with Crippen LogP contribution in [-0.4, -0.2) is 26.5 Å². The third kappa shape index (κ3) is 5.81. The average molecular weight is 520 g/mol. The number of halogens is 1. The molecule has 3 rings (SSSR count). The van der Waals surface area contributed by atoms with Gasteiger partial charge in [0.2, 0.25) is 0 Å². The van der Waals surface area contributed by atoms with Crippen LogP contribution in [0.5, 0.6) is 5.75 Å². The fraction of sp³-hybridized carbons (Fsp3) is 0.0476. The van der Waals surface area contributed by atoms with Gasteiger partial charge < -0.3 is 10.1 Å². The van der Waals surface area contributed by atoms with Gasteiger partial charge in [0.1, 0.15) is 5.75 Å². The monoisotopic (exact) mass is 519 g/mol. The third-order valence-electron chi connectivity index (χ3n) is 4.10. The van der Waals surface area contributed by atoms with E-state index in [1.54, 1.807) is 60.7 Å². The van der Waals surface area contributed by atoms with E-state index in [-0.39, 0.29) is 10.0 Å². The van der Waals surface area contributed by atoms with Crippen LogP contribution in [0.3, 0.4) is 0 Å². The highest BCUT2D eigenvalue weighted by Crippen LogP contribution is 2.26. The van der Waals surface area contributed by atoms with Crippen molar-refractivity contribution in [2.24, 2.45) is 0 Å². The van der Waals surface area contributed by atoms with Gasteiger partial charge in [0.15, 0.2) is 5.11 Å². The van der Waals surface area contributed by atoms with E-state index in [1.165, 1.54) is 19.2 Å². The van der Waals surface area contributed by atoms with E-state index in [9.17, 15) is 13.2 Å². The highest BCUT2D eigenvalue weighted by Gasteiger charge is 2.17. The topological polar surface area (TPSA) is 96.5 Å². The molecule has 0 atom stereocenters. The Balaban J connectivity index is 1.73. The van der Waals surface area contributed by atoms with E-state index in [2.05, 4.69) is 31.3 Å². The maximum absolute atomic E-state index is 12.8. The van der Waals surface area contributed by atoms with Crippen molar-refractivity contribution in [3.8, 4) is 5.75 Å². The Labute approximate surface area is 194 Å². The normalized spacial score (nSPS) is 10.8. The SMILES string of the molecule is COc1ccccc1NS(=O)(=O)c1cccc(NC(=S)NC(=O)c2ccccc2Br)c1. The number of amides is 1. The van der Waals surface area contributed by atoms with Gasteiger partial charge in [0.05, 0.1) is 23.3 Å². The number of sulfonamides is 1. The molecule has 160 valence electrons. The first-order valence-electron chi connectivity index (χ1n) is 8.93.